The minimum atomic E-state index is -3.84. The fourth-order valence-electron chi connectivity index (χ4n) is 1.92. The number of benzene rings is 2. The van der Waals surface area contributed by atoms with Crippen molar-refractivity contribution in [3.05, 3.63) is 59.4 Å². The van der Waals surface area contributed by atoms with Crippen LogP contribution < -0.4 is 4.72 Å². The third kappa shape index (κ3) is 3.59. The molecule has 0 amide bonds. The summed E-state index contributed by atoms with van der Waals surface area (Å²) in [5.74, 6) is -0.615. The second-order valence-electron chi connectivity index (χ2n) is 4.65. The van der Waals surface area contributed by atoms with E-state index in [0.717, 1.165) is 5.56 Å². The number of aliphatic hydroxyl groups is 1. The van der Waals surface area contributed by atoms with Crippen LogP contribution in [0.1, 0.15) is 11.1 Å². The normalized spacial score (nSPS) is 11.4. The molecule has 0 spiro atoms. The number of halogens is 1. The number of hydrogen-bond donors (Lipinski definition) is 2. The first-order valence-electron chi connectivity index (χ1n) is 6.42. The van der Waals surface area contributed by atoms with Crippen LogP contribution in [-0.2, 0) is 16.4 Å². The maximum atomic E-state index is 13.7. The second-order valence-corrected chi connectivity index (χ2v) is 6.34. The van der Waals surface area contributed by atoms with Gasteiger partial charge in [-0.3, -0.25) is 4.72 Å². The molecule has 0 radical (unpaired) electrons. The summed E-state index contributed by atoms with van der Waals surface area (Å²) < 4.78 is 40.5. The van der Waals surface area contributed by atoms with E-state index in [4.69, 9.17) is 5.11 Å². The standard InChI is InChI=1S/C15H16FNO3S/c1-11-3-2-4-14(16)15(11)17-21(19,20)13-7-5-12(6-8-13)9-10-18/h2-8,17-18H,9-10H2,1H3. The molecule has 0 saturated heterocycles. The summed E-state index contributed by atoms with van der Waals surface area (Å²) >= 11 is 0. The molecule has 0 atom stereocenters. The molecule has 0 aliphatic carbocycles. The van der Waals surface area contributed by atoms with Gasteiger partial charge in [-0.25, -0.2) is 12.8 Å². The van der Waals surface area contributed by atoms with Gasteiger partial charge in [0.2, 0.25) is 0 Å². The van der Waals surface area contributed by atoms with Gasteiger partial charge in [-0.2, -0.15) is 0 Å². The molecule has 2 aromatic rings. The van der Waals surface area contributed by atoms with E-state index >= 15 is 0 Å². The van der Waals surface area contributed by atoms with Crippen LogP contribution in [0, 0.1) is 12.7 Å². The van der Waals surface area contributed by atoms with Gasteiger partial charge in [0.25, 0.3) is 10.0 Å². The van der Waals surface area contributed by atoms with Crippen LogP contribution in [0.4, 0.5) is 10.1 Å². The average molecular weight is 309 g/mol. The van der Waals surface area contributed by atoms with E-state index in [9.17, 15) is 12.8 Å². The Kier molecular flexibility index (Phi) is 4.59. The van der Waals surface area contributed by atoms with Crippen LogP contribution in [0.2, 0.25) is 0 Å². The highest BCUT2D eigenvalue weighted by Crippen LogP contribution is 2.23. The summed E-state index contributed by atoms with van der Waals surface area (Å²) in [6.45, 7) is 1.63. The van der Waals surface area contributed by atoms with Gasteiger partial charge >= 0.3 is 0 Å². The van der Waals surface area contributed by atoms with E-state index in [2.05, 4.69) is 4.72 Å². The monoisotopic (exact) mass is 309 g/mol. The number of nitrogens with one attached hydrogen (secondary N) is 1. The molecule has 0 aromatic heterocycles. The van der Waals surface area contributed by atoms with E-state index in [0.29, 0.717) is 12.0 Å². The van der Waals surface area contributed by atoms with Crippen molar-refractivity contribution < 1.29 is 17.9 Å². The van der Waals surface area contributed by atoms with Gasteiger partial charge in [0.1, 0.15) is 5.82 Å². The Labute approximate surface area is 123 Å². The molecule has 0 saturated carbocycles. The van der Waals surface area contributed by atoms with Crippen molar-refractivity contribution in [3.63, 3.8) is 0 Å². The minimum absolute atomic E-state index is 0.00122. The zero-order valence-corrected chi connectivity index (χ0v) is 12.3. The van der Waals surface area contributed by atoms with Crippen molar-refractivity contribution in [3.8, 4) is 0 Å². The largest absolute Gasteiger partial charge is 0.396 e. The van der Waals surface area contributed by atoms with Crippen LogP contribution >= 0.6 is 0 Å². The zero-order chi connectivity index (χ0) is 15.5. The molecule has 0 fully saturated rings. The minimum Gasteiger partial charge on any atom is -0.396 e. The molecule has 4 nitrogen and oxygen atoms in total. The Bertz CT molecular complexity index is 707. The van der Waals surface area contributed by atoms with E-state index in [-0.39, 0.29) is 17.2 Å². The zero-order valence-electron chi connectivity index (χ0n) is 11.5. The van der Waals surface area contributed by atoms with E-state index in [1.54, 1.807) is 25.1 Å². The average Bonchev–Trinajstić information content (AvgIpc) is 2.44. The SMILES string of the molecule is Cc1cccc(F)c1NS(=O)(=O)c1ccc(CCO)cc1. The van der Waals surface area contributed by atoms with Crippen LogP contribution in [0.25, 0.3) is 0 Å². The predicted molar refractivity (Wildman–Crippen MR) is 79.2 cm³/mol. The molecule has 6 heteroatoms. The molecule has 2 aromatic carbocycles. The lowest BCUT2D eigenvalue weighted by molar-refractivity contribution is 0.299. The highest BCUT2D eigenvalue weighted by atomic mass is 32.2. The third-order valence-corrected chi connectivity index (χ3v) is 4.46. The molecule has 0 heterocycles. The lowest BCUT2D eigenvalue weighted by atomic mass is 10.2. The van der Waals surface area contributed by atoms with Crippen LogP contribution in [0.5, 0.6) is 0 Å². The second kappa shape index (κ2) is 6.24. The number of aryl methyl sites for hydroxylation is 1. The lowest BCUT2D eigenvalue weighted by Crippen LogP contribution is -2.15. The van der Waals surface area contributed by atoms with Crippen molar-refractivity contribution in [2.75, 3.05) is 11.3 Å². The molecule has 0 aliphatic rings. The molecular weight excluding hydrogens is 293 g/mol. The third-order valence-electron chi connectivity index (χ3n) is 3.09. The summed E-state index contributed by atoms with van der Waals surface area (Å²) in [5, 5.41) is 8.83. The molecular formula is C15H16FNO3S. The number of sulfonamides is 1. The molecule has 21 heavy (non-hydrogen) atoms. The molecule has 0 bridgehead atoms. The van der Waals surface area contributed by atoms with Crippen molar-refractivity contribution in [2.45, 2.75) is 18.2 Å². The van der Waals surface area contributed by atoms with Gasteiger partial charge in [0.15, 0.2) is 0 Å². The summed E-state index contributed by atoms with van der Waals surface area (Å²) in [6, 6.07) is 10.5. The van der Waals surface area contributed by atoms with Gasteiger partial charge in [-0.1, -0.05) is 24.3 Å². The van der Waals surface area contributed by atoms with Gasteiger partial charge < -0.3 is 5.11 Å². The van der Waals surface area contributed by atoms with Crippen molar-refractivity contribution in [2.24, 2.45) is 0 Å². The van der Waals surface area contributed by atoms with Crippen LogP contribution in [0.15, 0.2) is 47.4 Å². The topological polar surface area (TPSA) is 66.4 Å². The molecule has 2 N–H and O–H groups in total. The molecule has 0 aliphatic heterocycles. The maximum Gasteiger partial charge on any atom is 0.261 e. The quantitative estimate of drug-likeness (QED) is 0.891. The number of rotatable bonds is 5. The fraction of sp³-hybridized carbons (Fsp3) is 0.200. The number of hydrogen-bond acceptors (Lipinski definition) is 3. The number of anilines is 1. The van der Waals surface area contributed by atoms with Crippen LogP contribution in [0.3, 0.4) is 0 Å². The Morgan fingerprint density at radius 2 is 1.81 bits per heavy atom. The summed E-state index contributed by atoms with van der Waals surface area (Å²) in [4.78, 5) is 0.0480. The van der Waals surface area contributed by atoms with Crippen molar-refractivity contribution in [1.82, 2.24) is 0 Å². The highest BCUT2D eigenvalue weighted by molar-refractivity contribution is 7.92. The van der Waals surface area contributed by atoms with E-state index in [1.807, 2.05) is 0 Å². The lowest BCUT2D eigenvalue weighted by Gasteiger charge is -2.11. The first-order valence-corrected chi connectivity index (χ1v) is 7.90. The first kappa shape index (κ1) is 15.5. The smallest absolute Gasteiger partial charge is 0.261 e. The number of para-hydroxylation sites is 1. The number of aliphatic hydroxyl groups excluding tert-OH is 1. The highest BCUT2D eigenvalue weighted by Gasteiger charge is 2.17. The summed E-state index contributed by atoms with van der Waals surface area (Å²) in [6.07, 6.45) is 0.459. The fourth-order valence-corrected chi connectivity index (χ4v) is 3.06. The summed E-state index contributed by atoms with van der Waals surface area (Å²) in [5.41, 5.74) is 1.30. The molecule has 2 rings (SSSR count). The van der Waals surface area contributed by atoms with Crippen molar-refractivity contribution in [1.29, 1.82) is 0 Å². The van der Waals surface area contributed by atoms with Gasteiger partial charge in [0, 0.05) is 6.61 Å². The molecule has 0 unspecified atom stereocenters. The van der Waals surface area contributed by atoms with Gasteiger partial charge in [-0.05, 0) is 42.7 Å². The van der Waals surface area contributed by atoms with Crippen LogP contribution in [-0.4, -0.2) is 20.1 Å². The Balaban J connectivity index is 2.30. The maximum absolute atomic E-state index is 13.7. The van der Waals surface area contributed by atoms with E-state index < -0.39 is 15.8 Å². The van der Waals surface area contributed by atoms with Gasteiger partial charge in [0.05, 0.1) is 10.6 Å². The predicted octanol–water partition coefficient (Wildman–Crippen LogP) is 2.47. The Morgan fingerprint density at radius 1 is 1.14 bits per heavy atom. The van der Waals surface area contributed by atoms with E-state index in [1.165, 1.54) is 24.3 Å². The first-order chi connectivity index (χ1) is 9.94. The molecule has 112 valence electrons. The van der Waals surface area contributed by atoms with Crippen molar-refractivity contribution >= 4 is 15.7 Å². The summed E-state index contributed by atoms with van der Waals surface area (Å²) in [7, 11) is -3.84. The Morgan fingerprint density at radius 3 is 2.38 bits per heavy atom. The van der Waals surface area contributed by atoms with Gasteiger partial charge in [-0.15, -0.1) is 0 Å². The Hall–Kier alpha value is -1.92.